The van der Waals surface area contributed by atoms with Crippen LogP contribution in [0.15, 0.2) is 53.4 Å². The number of rotatable bonds is 7. The third-order valence-electron chi connectivity index (χ3n) is 4.08. The van der Waals surface area contributed by atoms with Gasteiger partial charge in [0.15, 0.2) is 5.78 Å². The average molecular weight is 397 g/mol. The van der Waals surface area contributed by atoms with E-state index in [1.165, 1.54) is 7.11 Å². The van der Waals surface area contributed by atoms with E-state index in [0.29, 0.717) is 17.9 Å². The highest BCUT2D eigenvalue weighted by Gasteiger charge is 2.36. The van der Waals surface area contributed by atoms with Crippen LogP contribution in [0.1, 0.15) is 22.8 Å². The zero-order valence-corrected chi connectivity index (χ0v) is 16.3. The summed E-state index contributed by atoms with van der Waals surface area (Å²) in [6.07, 6.45) is 1.64. The van der Waals surface area contributed by atoms with E-state index in [4.69, 9.17) is 9.47 Å². The molecule has 6 nitrogen and oxygen atoms in total. The molecule has 0 spiro atoms. The van der Waals surface area contributed by atoms with Crippen molar-refractivity contribution in [2.75, 3.05) is 20.3 Å². The predicted octanol–water partition coefficient (Wildman–Crippen LogP) is 4.01. The number of carbonyl (C=O) groups excluding carboxylic acids is 3. The minimum atomic E-state index is -0.467. The van der Waals surface area contributed by atoms with Crippen molar-refractivity contribution in [3.05, 3.63) is 64.6 Å². The summed E-state index contributed by atoms with van der Waals surface area (Å²) in [5.41, 5.74) is 1.19. The molecule has 1 aliphatic heterocycles. The highest BCUT2D eigenvalue weighted by atomic mass is 32.2. The van der Waals surface area contributed by atoms with Gasteiger partial charge in [0.2, 0.25) is 0 Å². The maximum absolute atomic E-state index is 12.6. The molecule has 144 valence electrons. The van der Waals surface area contributed by atoms with Crippen LogP contribution in [0, 0.1) is 0 Å². The molecule has 0 saturated carbocycles. The Balaban J connectivity index is 1.71. The molecular weight excluding hydrogens is 378 g/mol. The summed E-state index contributed by atoms with van der Waals surface area (Å²) in [6.45, 7) is 2.18. The molecule has 2 amide bonds. The lowest BCUT2D eigenvalue weighted by atomic mass is 10.1. The normalized spacial score (nSPS) is 15.2. The highest BCUT2D eigenvalue weighted by molar-refractivity contribution is 8.18. The smallest absolute Gasteiger partial charge is 0.293 e. The average Bonchev–Trinajstić information content (AvgIpc) is 2.97. The predicted molar refractivity (Wildman–Crippen MR) is 108 cm³/mol. The van der Waals surface area contributed by atoms with Crippen molar-refractivity contribution in [1.29, 1.82) is 0 Å². The summed E-state index contributed by atoms with van der Waals surface area (Å²) in [7, 11) is 1.54. The summed E-state index contributed by atoms with van der Waals surface area (Å²) in [5.74, 6) is 0.580. The Morgan fingerprint density at radius 2 is 1.68 bits per heavy atom. The maximum Gasteiger partial charge on any atom is 0.293 e. The number of imide groups is 1. The second-order valence-corrected chi connectivity index (χ2v) is 6.91. The van der Waals surface area contributed by atoms with Crippen molar-refractivity contribution in [2.45, 2.75) is 6.92 Å². The van der Waals surface area contributed by atoms with Crippen LogP contribution in [0.3, 0.4) is 0 Å². The molecule has 1 aliphatic rings. The number of ketones is 1. The Morgan fingerprint density at radius 1 is 1.04 bits per heavy atom. The number of ether oxygens (including phenoxy) is 2. The van der Waals surface area contributed by atoms with E-state index in [1.54, 1.807) is 42.5 Å². The van der Waals surface area contributed by atoms with E-state index in [2.05, 4.69) is 0 Å². The van der Waals surface area contributed by atoms with Crippen LogP contribution in [-0.2, 0) is 4.79 Å². The number of hydrogen-bond acceptors (Lipinski definition) is 6. The summed E-state index contributed by atoms with van der Waals surface area (Å²) in [5, 5.41) is -0.455. The third kappa shape index (κ3) is 4.43. The van der Waals surface area contributed by atoms with Gasteiger partial charge in [0.25, 0.3) is 11.1 Å². The Morgan fingerprint density at radius 3 is 2.29 bits per heavy atom. The number of carbonyl (C=O) groups is 3. The van der Waals surface area contributed by atoms with Gasteiger partial charge in [0.05, 0.1) is 25.2 Å². The van der Waals surface area contributed by atoms with Gasteiger partial charge in [-0.15, -0.1) is 0 Å². The minimum absolute atomic E-state index is 0.289. The van der Waals surface area contributed by atoms with Crippen molar-refractivity contribution in [3.8, 4) is 11.5 Å². The van der Waals surface area contributed by atoms with E-state index in [0.717, 1.165) is 28.0 Å². The standard InChI is InChI=1S/C21H19NO5S/c1-3-27-17-8-4-14(5-9-17)12-19-20(24)22(21(25)28-19)13-18(23)15-6-10-16(26-2)11-7-15/h4-12H,3,13H2,1-2H3/b19-12+. The van der Waals surface area contributed by atoms with Crippen LogP contribution in [0.2, 0.25) is 0 Å². The van der Waals surface area contributed by atoms with E-state index in [1.807, 2.05) is 19.1 Å². The zero-order valence-electron chi connectivity index (χ0n) is 15.5. The van der Waals surface area contributed by atoms with Crippen molar-refractivity contribution in [3.63, 3.8) is 0 Å². The molecule has 28 heavy (non-hydrogen) atoms. The summed E-state index contributed by atoms with van der Waals surface area (Å²) >= 11 is 0.829. The number of benzene rings is 2. The van der Waals surface area contributed by atoms with Crippen molar-refractivity contribution >= 4 is 34.8 Å². The molecule has 0 radical (unpaired) electrons. The molecule has 3 rings (SSSR count). The first kappa shape index (κ1) is 19.7. The molecule has 2 aromatic rings. The van der Waals surface area contributed by atoms with Gasteiger partial charge in [0, 0.05) is 5.56 Å². The topological polar surface area (TPSA) is 72.9 Å². The first-order valence-electron chi connectivity index (χ1n) is 8.67. The van der Waals surface area contributed by atoms with E-state index in [9.17, 15) is 14.4 Å². The monoisotopic (exact) mass is 397 g/mol. The van der Waals surface area contributed by atoms with E-state index < -0.39 is 11.1 Å². The number of amides is 2. The summed E-state index contributed by atoms with van der Waals surface area (Å²) < 4.78 is 10.4. The van der Waals surface area contributed by atoms with E-state index in [-0.39, 0.29) is 17.2 Å². The molecule has 0 aliphatic carbocycles. The first-order valence-corrected chi connectivity index (χ1v) is 9.49. The Kier molecular flexibility index (Phi) is 6.16. The molecular formula is C21H19NO5S. The van der Waals surface area contributed by atoms with Crippen LogP contribution in [-0.4, -0.2) is 42.1 Å². The van der Waals surface area contributed by atoms with Gasteiger partial charge in [-0.3, -0.25) is 19.3 Å². The van der Waals surface area contributed by atoms with Gasteiger partial charge in [-0.05, 0) is 66.7 Å². The largest absolute Gasteiger partial charge is 0.497 e. The Hall–Kier alpha value is -3.06. The van der Waals surface area contributed by atoms with Gasteiger partial charge < -0.3 is 9.47 Å². The first-order chi connectivity index (χ1) is 13.5. The number of nitrogens with zero attached hydrogens (tertiary/aromatic N) is 1. The molecule has 0 aromatic heterocycles. The number of hydrogen-bond donors (Lipinski definition) is 0. The Labute approximate surface area is 167 Å². The SMILES string of the molecule is CCOc1ccc(/C=C2/SC(=O)N(CC(=O)c3ccc(OC)cc3)C2=O)cc1. The number of Topliss-reactive ketones (excluding diaryl/α,β-unsaturated/α-hetero) is 1. The number of methoxy groups -OCH3 is 1. The fraction of sp³-hybridized carbons (Fsp3) is 0.190. The third-order valence-corrected chi connectivity index (χ3v) is 4.98. The van der Waals surface area contributed by atoms with Crippen molar-refractivity contribution in [1.82, 2.24) is 4.90 Å². The lowest BCUT2D eigenvalue weighted by Gasteiger charge is -2.11. The second-order valence-electron chi connectivity index (χ2n) is 5.92. The van der Waals surface area contributed by atoms with Crippen LogP contribution in [0.5, 0.6) is 11.5 Å². The molecule has 7 heteroatoms. The molecule has 0 N–H and O–H groups in total. The second kappa shape index (κ2) is 8.75. The molecule has 1 fully saturated rings. The molecule has 0 bridgehead atoms. The lowest BCUT2D eigenvalue weighted by Crippen LogP contribution is -2.33. The van der Waals surface area contributed by atoms with Gasteiger partial charge in [0.1, 0.15) is 11.5 Å². The zero-order chi connectivity index (χ0) is 20.1. The van der Waals surface area contributed by atoms with Gasteiger partial charge in [-0.2, -0.15) is 0 Å². The van der Waals surface area contributed by atoms with Crippen LogP contribution in [0.4, 0.5) is 4.79 Å². The van der Waals surface area contributed by atoms with Crippen molar-refractivity contribution < 1.29 is 23.9 Å². The minimum Gasteiger partial charge on any atom is -0.497 e. The maximum atomic E-state index is 12.6. The highest BCUT2D eigenvalue weighted by Crippen LogP contribution is 2.32. The van der Waals surface area contributed by atoms with Crippen LogP contribution >= 0.6 is 11.8 Å². The van der Waals surface area contributed by atoms with Gasteiger partial charge in [-0.1, -0.05) is 12.1 Å². The van der Waals surface area contributed by atoms with Crippen molar-refractivity contribution in [2.24, 2.45) is 0 Å². The summed E-state index contributed by atoms with van der Waals surface area (Å²) in [4.78, 5) is 38.5. The lowest BCUT2D eigenvalue weighted by molar-refractivity contribution is -0.122. The molecule has 1 heterocycles. The molecule has 1 saturated heterocycles. The number of thioether (sulfide) groups is 1. The fourth-order valence-corrected chi connectivity index (χ4v) is 3.46. The van der Waals surface area contributed by atoms with Crippen LogP contribution in [0.25, 0.3) is 6.08 Å². The fourth-order valence-electron chi connectivity index (χ4n) is 2.63. The Bertz CT molecular complexity index is 919. The molecule has 0 unspecified atom stereocenters. The van der Waals surface area contributed by atoms with Gasteiger partial charge in [-0.25, -0.2) is 0 Å². The molecule has 2 aromatic carbocycles. The summed E-state index contributed by atoms with van der Waals surface area (Å²) in [6, 6.07) is 13.7. The molecule has 0 atom stereocenters. The quantitative estimate of drug-likeness (QED) is 0.519. The van der Waals surface area contributed by atoms with E-state index >= 15 is 0 Å². The van der Waals surface area contributed by atoms with Gasteiger partial charge >= 0.3 is 0 Å². The van der Waals surface area contributed by atoms with Crippen LogP contribution < -0.4 is 9.47 Å².